The molecule has 0 aliphatic carbocycles. The van der Waals surface area contributed by atoms with Gasteiger partial charge < -0.3 is 39.8 Å². The summed E-state index contributed by atoms with van der Waals surface area (Å²) in [5.74, 6) is -3.56. The summed E-state index contributed by atoms with van der Waals surface area (Å²) in [4.78, 5) is 52.7. The number of nitrogens with one attached hydrogen (secondary N) is 2. The second-order valence-corrected chi connectivity index (χ2v) is 16.1. The van der Waals surface area contributed by atoms with Crippen LogP contribution in [0.2, 0.25) is 12.6 Å². The number of amides is 3. The van der Waals surface area contributed by atoms with Crippen molar-refractivity contribution in [2.24, 2.45) is 5.41 Å². The summed E-state index contributed by atoms with van der Waals surface area (Å²) in [6.07, 6.45) is 1.45. The third kappa shape index (κ3) is 15.1. The van der Waals surface area contributed by atoms with E-state index in [9.17, 15) is 28.7 Å². The largest absolute Gasteiger partial charge is 0.480 e. The van der Waals surface area contributed by atoms with Crippen LogP contribution in [0.3, 0.4) is 0 Å². The number of alkyl carbamates (subject to hydrolysis) is 1. The molecule has 0 unspecified atom stereocenters. The maximum absolute atomic E-state index is 15.2. The number of aromatic nitrogens is 1. The van der Waals surface area contributed by atoms with Crippen LogP contribution in [0, 0.1) is 17.0 Å². The highest BCUT2D eigenvalue weighted by Crippen LogP contribution is 2.41. The van der Waals surface area contributed by atoms with Gasteiger partial charge in [-0.1, -0.05) is 57.7 Å². The quantitative estimate of drug-likeness (QED) is 0.0729. The van der Waals surface area contributed by atoms with Crippen molar-refractivity contribution < 1.29 is 47.6 Å². The van der Waals surface area contributed by atoms with Crippen LogP contribution in [0.25, 0.3) is 11.1 Å². The number of carbonyl (C=O) groups is 4. The second-order valence-electron chi connectivity index (χ2n) is 13.8. The molecule has 300 valence electrons. The number of ether oxygens (including phenoxy) is 2. The molecule has 0 saturated carbocycles. The van der Waals surface area contributed by atoms with E-state index in [0.717, 1.165) is 41.6 Å². The van der Waals surface area contributed by atoms with Crippen molar-refractivity contribution in [1.29, 1.82) is 0 Å². The summed E-state index contributed by atoms with van der Waals surface area (Å²) < 4.78 is 41.8. The number of halogens is 2. The molecule has 12 nitrogen and oxygen atoms in total. The fraction of sp³-hybridized carbons (Fsp3) is 0.487. The highest BCUT2D eigenvalue weighted by Gasteiger charge is 2.37. The number of aliphatic carboxylic acids is 1. The van der Waals surface area contributed by atoms with E-state index in [4.69, 9.17) is 14.6 Å². The molecule has 3 rings (SSSR count). The highest BCUT2D eigenvalue weighted by atomic mass is 32.2. The molecule has 2 aromatic carbocycles. The Kier molecular flexibility index (Phi) is 18.8. The summed E-state index contributed by atoms with van der Waals surface area (Å²) in [6, 6.07) is 13.5. The van der Waals surface area contributed by atoms with Gasteiger partial charge in [-0.05, 0) is 47.7 Å². The number of carboxylic acid groups (broad SMARTS) is 1. The van der Waals surface area contributed by atoms with Crippen LogP contribution in [0.4, 0.5) is 13.6 Å². The van der Waals surface area contributed by atoms with Gasteiger partial charge in [0.25, 0.3) is 0 Å². The zero-order valence-electron chi connectivity index (χ0n) is 31.8. The Morgan fingerprint density at radius 1 is 1.04 bits per heavy atom. The highest BCUT2D eigenvalue weighted by molar-refractivity contribution is 8.00. The van der Waals surface area contributed by atoms with Gasteiger partial charge in [-0.3, -0.25) is 9.59 Å². The Hall–Kier alpha value is -4.25. The van der Waals surface area contributed by atoms with Crippen LogP contribution in [-0.2, 0) is 30.4 Å². The summed E-state index contributed by atoms with van der Waals surface area (Å²) in [5.41, 5.74) is 1.49. The first kappa shape index (κ1) is 45.1. The van der Waals surface area contributed by atoms with Crippen molar-refractivity contribution in [3.8, 4) is 11.1 Å². The standard InChI is InChI=1S/C39H52F2N4O8SSi/c1-39(2,3)36(33-21-28(30-22-29(40)11-12-31(30)41)24-44(33)23-27-9-6-5-7-10-27)45(15-8-14-42-38(51)53-19-20-55-4)35(48)26-54-25-32(37(49)50)43-34(47)13-17-52-18-16-46/h5-7,9-12,21-22,24,32,36,46H,8,13-20,23,25-26H2,1-4H3,(H,42,51)(H,43,47)(H,49,50)/t32-,36-/m0/s1. The first-order valence-corrected chi connectivity index (χ1v) is 20.9. The van der Waals surface area contributed by atoms with Crippen LogP contribution in [-0.4, -0.2) is 110 Å². The number of rotatable bonds is 23. The zero-order valence-corrected chi connectivity index (χ0v) is 33.6. The molecule has 0 fully saturated rings. The SMILES string of the molecule is C[Si]CCOC(=O)NCCCN(C(=O)CSC[C@H](NC(=O)CCOCCO)C(=O)O)[C@@H](c1cc(-c2cc(F)ccc2F)cn1Cc1ccccc1)C(C)(C)C. The van der Waals surface area contributed by atoms with Gasteiger partial charge in [-0.15, -0.1) is 11.8 Å². The van der Waals surface area contributed by atoms with Gasteiger partial charge >= 0.3 is 12.1 Å². The molecule has 55 heavy (non-hydrogen) atoms. The first-order valence-electron chi connectivity index (χ1n) is 18.1. The minimum absolute atomic E-state index is 0.0126. The van der Waals surface area contributed by atoms with Crippen molar-refractivity contribution in [2.75, 3.05) is 51.0 Å². The number of thioether (sulfide) groups is 1. The second kappa shape index (κ2) is 23.0. The monoisotopic (exact) mass is 802 g/mol. The summed E-state index contributed by atoms with van der Waals surface area (Å²) in [7, 11) is 0.647. The summed E-state index contributed by atoms with van der Waals surface area (Å²) in [5, 5.41) is 23.8. The van der Waals surface area contributed by atoms with Crippen LogP contribution in [0.1, 0.15) is 50.9 Å². The molecular weight excluding hydrogens is 751 g/mol. The van der Waals surface area contributed by atoms with Crippen molar-refractivity contribution >= 4 is 45.2 Å². The molecule has 4 N–H and O–H groups in total. The molecule has 3 aromatic rings. The summed E-state index contributed by atoms with van der Waals surface area (Å²) in [6.45, 7) is 8.85. The number of aliphatic hydroxyl groups excluding tert-OH is 1. The van der Waals surface area contributed by atoms with Gasteiger partial charge in [0.2, 0.25) is 11.8 Å². The van der Waals surface area contributed by atoms with Gasteiger partial charge in [0, 0.05) is 64.3 Å². The van der Waals surface area contributed by atoms with E-state index < -0.39 is 47.1 Å². The summed E-state index contributed by atoms with van der Waals surface area (Å²) >= 11 is 1.05. The minimum atomic E-state index is -1.27. The van der Waals surface area contributed by atoms with Gasteiger partial charge in [-0.2, -0.15) is 0 Å². The van der Waals surface area contributed by atoms with E-state index >= 15 is 4.39 Å². The lowest BCUT2D eigenvalue weighted by molar-refractivity contribution is -0.141. The average Bonchev–Trinajstić information content (AvgIpc) is 3.53. The zero-order chi connectivity index (χ0) is 40.4. The molecule has 0 aliphatic heterocycles. The van der Waals surface area contributed by atoms with Gasteiger partial charge in [0.1, 0.15) is 17.7 Å². The Bertz CT molecular complexity index is 1690. The smallest absolute Gasteiger partial charge is 0.407 e. The topological polar surface area (TPSA) is 159 Å². The Balaban J connectivity index is 1.96. The van der Waals surface area contributed by atoms with Crippen molar-refractivity contribution in [1.82, 2.24) is 20.1 Å². The fourth-order valence-electron chi connectivity index (χ4n) is 5.87. The first-order chi connectivity index (χ1) is 26.2. The van der Waals surface area contributed by atoms with Crippen LogP contribution in [0.5, 0.6) is 0 Å². The lowest BCUT2D eigenvalue weighted by atomic mass is 9.83. The van der Waals surface area contributed by atoms with E-state index in [2.05, 4.69) is 10.6 Å². The number of aliphatic hydroxyl groups is 1. The van der Waals surface area contributed by atoms with Crippen molar-refractivity contribution in [3.05, 3.63) is 83.7 Å². The molecule has 0 aliphatic rings. The molecule has 0 bridgehead atoms. The average molecular weight is 803 g/mol. The Morgan fingerprint density at radius 2 is 1.78 bits per heavy atom. The van der Waals surface area contributed by atoms with E-state index in [1.807, 2.05) is 62.2 Å². The number of nitrogens with zero attached hydrogens (tertiary/aromatic N) is 2. The molecule has 2 radical (unpaired) electrons. The molecule has 1 heterocycles. The lowest BCUT2D eigenvalue weighted by Crippen LogP contribution is -2.45. The van der Waals surface area contributed by atoms with E-state index in [0.29, 0.717) is 40.3 Å². The maximum Gasteiger partial charge on any atom is 0.407 e. The van der Waals surface area contributed by atoms with Crippen molar-refractivity contribution in [2.45, 2.75) is 64.8 Å². The third-order valence-corrected chi connectivity index (χ3v) is 10.1. The maximum atomic E-state index is 15.2. The molecule has 2 atom stereocenters. The predicted molar refractivity (Wildman–Crippen MR) is 209 cm³/mol. The Morgan fingerprint density at radius 3 is 2.45 bits per heavy atom. The number of carbonyl (C=O) groups excluding carboxylic acids is 3. The van der Waals surface area contributed by atoms with E-state index in [1.54, 1.807) is 17.2 Å². The van der Waals surface area contributed by atoms with Gasteiger partial charge in [0.15, 0.2) is 0 Å². The molecule has 16 heteroatoms. The number of hydrogen-bond acceptors (Lipinski definition) is 8. The molecule has 0 saturated heterocycles. The van der Waals surface area contributed by atoms with Gasteiger partial charge in [-0.25, -0.2) is 18.4 Å². The minimum Gasteiger partial charge on any atom is -0.480 e. The van der Waals surface area contributed by atoms with Crippen LogP contribution in [0.15, 0.2) is 60.8 Å². The fourth-order valence-corrected chi connectivity index (χ4v) is 7.09. The van der Waals surface area contributed by atoms with Crippen molar-refractivity contribution in [3.63, 3.8) is 0 Å². The molecular formula is C39H52F2N4O8SSi. The lowest BCUT2D eigenvalue weighted by Gasteiger charge is -2.41. The normalized spacial score (nSPS) is 12.5. The Labute approximate surface area is 328 Å². The molecule has 0 spiro atoms. The van der Waals surface area contributed by atoms with Crippen LogP contribution >= 0.6 is 11.8 Å². The molecule has 1 aromatic heterocycles. The molecule has 3 amide bonds. The number of hydrogen-bond donors (Lipinski definition) is 4. The third-order valence-electron chi connectivity index (χ3n) is 8.38. The van der Waals surface area contributed by atoms with E-state index in [-0.39, 0.29) is 62.3 Å². The van der Waals surface area contributed by atoms with Crippen LogP contribution < -0.4 is 10.6 Å². The number of benzene rings is 2. The predicted octanol–water partition coefficient (Wildman–Crippen LogP) is 5.39. The van der Waals surface area contributed by atoms with E-state index in [1.165, 1.54) is 0 Å². The van der Waals surface area contributed by atoms with Gasteiger partial charge in [0.05, 0.1) is 38.2 Å². The number of carboxylic acids is 1.